The number of nitrogens with one attached hydrogen (secondary N) is 2. The Morgan fingerprint density at radius 1 is 1.42 bits per heavy atom. The highest BCUT2D eigenvalue weighted by Crippen LogP contribution is 2.18. The molecule has 1 fully saturated rings. The molecule has 1 heterocycles. The van der Waals surface area contributed by atoms with Crippen molar-refractivity contribution in [3.8, 4) is 0 Å². The topological polar surface area (TPSA) is 59.6 Å². The Morgan fingerprint density at radius 3 is 2.89 bits per heavy atom. The van der Waals surface area contributed by atoms with Crippen molar-refractivity contribution in [3.63, 3.8) is 0 Å². The van der Waals surface area contributed by atoms with Gasteiger partial charge in [-0.05, 0) is 32.6 Å². The minimum atomic E-state index is -0.0374. The van der Waals surface area contributed by atoms with Crippen LogP contribution in [0.4, 0.5) is 0 Å². The number of hydrogen-bond donors (Lipinski definition) is 2. The van der Waals surface area contributed by atoms with Gasteiger partial charge in [0, 0.05) is 32.3 Å². The molecule has 0 radical (unpaired) electrons. The van der Waals surface area contributed by atoms with E-state index in [0.29, 0.717) is 25.2 Å². The number of hydrogen-bond acceptors (Lipinski definition) is 4. The van der Waals surface area contributed by atoms with Crippen LogP contribution in [0.15, 0.2) is 0 Å². The largest absolute Gasteiger partial charge is 0.385 e. The van der Waals surface area contributed by atoms with E-state index >= 15 is 0 Å². The van der Waals surface area contributed by atoms with Crippen LogP contribution in [0.1, 0.15) is 39.5 Å². The maximum Gasteiger partial charge on any atom is 0.246 e. The first-order chi connectivity index (χ1) is 9.17. The second kappa shape index (κ2) is 9.28. The molecule has 2 N–H and O–H groups in total. The van der Waals surface area contributed by atoms with Gasteiger partial charge < -0.3 is 20.1 Å². The van der Waals surface area contributed by atoms with Crippen LogP contribution in [0.3, 0.4) is 0 Å². The Bertz CT molecular complexity index is 261. The second-order valence-corrected chi connectivity index (χ2v) is 5.21. The molecule has 5 nitrogen and oxygen atoms in total. The van der Waals surface area contributed by atoms with Crippen molar-refractivity contribution >= 4 is 5.91 Å². The van der Waals surface area contributed by atoms with Crippen molar-refractivity contribution in [2.75, 3.05) is 26.9 Å². The molecule has 0 aliphatic carbocycles. The van der Waals surface area contributed by atoms with Gasteiger partial charge in [0.1, 0.15) is 6.61 Å². The van der Waals surface area contributed by atoms with Gasteiger partial charge in [-0.25, -0.2) is 0 Å². The van der Waals surface area contributed by atoms with Crippen LogP contribution in [0.2, 0.25) is 0 Å². The van der Waals surface area contributed by atoms with E-state index in [4.69, 9.17) is 9.47 Å². The number of carbonyl (C=O) groups excluding carboxylic acids is 1. The Hall–Kier alpha value is -0.650. The first-order valence-corrected chi connectivity index (χ1v) is 7.30. The van der Waals surface area contributed by atoms with Crippen molar-refractivity contribution in [2.45, 2.75) is 57.7 Å². The molecule has 0 spiro atoms. The fraction of sp³-hybridized carbons (Fsp3) is 0.929. The van der Waals surface area contributed by atoms with E-state index in [1.54, 1.807) is 7.11 Å². The summed E-state index contributed by atoms with van der Waals surface area (Å²) < 4.78 is 10.7. The van der Waals surface area contributed by atoms with E-state index in [-0.39, 0.29) is 18.6 Å². The zero-order chi connectivity index (χ0) is 14.1. The normalized spacial score (nSPS) is 27.2. The molecule has 1 rings (SSSR count). The maximum absolute atomic E-state index is 11.6. The van der Waals surface area contributed by atoms with Crippen LogP contribution in [0.25, 0.3) is 0 Å². The Morgan fingerprint density at radius 2 is 2.21 bits per heavy atom. The molecule has 0 bridgehead atoms. The monoisotopic (exact) mass is 272 g/mol. The molecule has 0 aromatic carbocycles. The number of piperidine rings is 1. The van der Waals surface area contributed by atoms with Crippen LogP contribution in [0.5, 0.6) is 0 Å². The molecule has 112 valence electrons. The predicted molar refractivity (Wildman–Crippen MR) is 75.2 cm³/mol. The molecular formula is C14H28N2O3. The summed E-state index contributed by atoms with van der Waals surface area (Å²) in [6.07, 6.45) is 4.17. The van der Waals surface area contributed by atoms with Crippen LogP contribution in [-0.2, 0) is 14.3 Å². The van der Waals surface area contributed by atoms with Crippen LogP contribution in [0, 0.1) is 0 Å². The quantitative estimate of drug-likeness (QED) is 0.649. The minimum Gasteiger partial charge on any atom is -0.385 e. The highest BCUT2D eigenvalue weighted by molar-refractivity contribution is 5.77. The second-order valence-electron chi connectivity index (χ2n) is 5.21. The molecule has 1 aliphatic heterocycles. The van der Waals surface area contributed by atoms with Crippen LogP contribution < -0.4 is 10.6 Å². The molecule has 3 unspecified atom stereocenters. The third-order valence-corrected chi connectivity index (χ3v) is 3.55. The molecule has 1 amide bonds. The van der Waals surface area contributed by atoms with E-state index in [2.05, 4.69) is 24.5 Å². The average Bonchev–Trinajstić information content (AvgIpc) is 2.42. The standard InChI is InChI=1S/C14H28N2O3/c1-4-12-13(7-6-11(2)16-12)19-10-14(17)15-8-5-9-18-3/h11-13,16H,4-10H2,1-3H3,(H,15,17). The summed E-state index contributed by atoms with van der Waals surface area (Å²) in [5, 5.41) is 6.36. The average molecular weight is 272 g/mol. The molecule has 0 saturated carbocycles. The zero-order valence-electron chi connectivity index (χ0n) is 12.4. The van der Waals surface area contributed by atoms with Crippen molar-refractivity contribution in [1.82, 2.24) is 10.6 Å². The van der Waals surface area contributed by atoms with Gasteiger partial charge in [0.2, 0.25) is 5.91 Å². The molecule has 5 heteroatoms. The van der Waals surface area contributed by atoms with Crippen LogP contribution in [-0.4, -0.2) is 51.0 Å². The first kappa shape index (κ1) is 16.4. The van der Waals surface area contributed by atoms with E-state index in [1.807, 2.05) is 0 Å². The smallest absolute Gasteiger partial charge is 0.246 e. The summed E-state index contributed by atoms with van der Waals surface area (Å²) in [5.41, 5.74) is 0. The van der Waals surface area contributed by atoms with Gasteiger partial charge in [-0.2, -0.15) is 0 Å². The molecule has 1 saturated heterocycles. The van der Waals surface area contributed by atoms with E-state index < -0.39 is 0 Å². The van der Waals surface area contributed by atoms with E-state index in [0.717, 1.165) is 25.7 Å². The molecule has 1 aliphatic rings. The minimum absolute atomic E-state index is 0.0374. The van der Waals surface area contributed by atoms with E-state index in [1.165, 1.54) is 0 Å². The third kappa shape index (κ3) is 6.36. The van der Waals surface area contributed by atoms with Gasteiger partial charge >= 0.3 is 0 Å². The van der Waals surface area contributed by atoms with Gasteiger partial charge in [-0.3, -0.25) is 4.79 Å². The Balaban J connectivity index is 2.17. The van der Waals surface area contributed by atoms with Gasteiger partial charge in [0.05, 0.1) is 6.10 Å². The lowest BCUT2D eigenvalue weighted by molar-refractivity contribution is -0.129. The lowest BCUT2D eigenvalue weighted by atomic mass is 9.95. The van der Waals surface area contributed by atoms with Gasteiger partial charge in [0.15, 0.2) is 0 Å². The fourth-order valence-electron chi connectivity index (χ4n) is 2.43. The predicted octanol–water partition coefficient (Wildman–Crippen LogP) is 1.07. The molecule has 0 aromatic heterocycles. The summed E-state index contributed by atoms with van der Waals surface area (Å²) in [7, 11) is 1.66. The highest BCUT2D eigenvalue weighted by atomic mass is 16.5. The van der Waals surface area contributed by atoms with Crippen molar-refractivity contribution in [3.05, 3.63) is 0 Å². The summed E-state index contributed by atoms with van der Waals surface area (Å²) in [6.45, 7) is 5.82. The van der Waals surface area contributed by atoms with Crippen LogP contribution >= 0.6 is 0 Å². The Labute approximate surface area is 116 Å². The van der Waals surface area contributed by atoms with Crippen molar-refractivity contribution < 1.29 is 14.3 Å². The molecule has 0 aromatic rings. The summed E-state index contributed by atoms with van der Waals surface area (Å²) >= 11 is 0. The highest BCUT2D eigenvalue weighted by Gasteiger charge is 2.27. The molecule has 3 atom stereocenters. The number of rotatable bonds is 8. The zero-order valence-corrected chi connectivity index (χ0v) is 12.4. The van der Waals surface area contributed by atoms with Gasteiger partial charge in [-0.1, -0.05) is 6.92 Å². The van der Waals surface area contributed by atoms with Crippen molar-refractivity contribution in [1.29, 1.82) is 0 Å². The van der Waals surface area contributed by atoms with Crippen molar-refractivity contribution in [2.24, 2.45) is 0 Å². The number of amides is 1. The van der Waals surface area contributed by atoms with Gasteiger partial charge in [0.25, 0.3) is 0 Å². The lowest BCUT2D eigenvalue weighted by Gasteiger charge is -2.35. The summed E-state index contributed by atoms with van der Waals surface area (Å²) in [6, 6.07) is 0.915. The van der Waals surface area contributed by atoms with Gasteiger partial charge in [-0.15, -0.1) is 0 Å². The maximum atomic E-state index is 11.6. The molecular weight excluding hydrogens is 244 g/mol. The lowest BCUT2D eigenvalue weighted by Crippen LogP contribution is -2.50. The number of carbonyl (C=O) groups is 1. The summed E-state index contributed by atoms with van der Waals surface area (Å²) in [4.78, 5) is 11.6. The SMILES string of the molecule is CCC1NC(C)CCC1OCC(=O)NCCCOC. The Kier molecular flexibility index (Phi) is 8.02. The molecule has 19 heavy (non-hydrogen) atoms. The third-order valence-electron chi connectivity index (χ3n) is 3.55. The summed E-state index contributed by atoms with van der Waals surface area (Å²) in [5.74, 6) is -0.0374. The number of methoxy groups -OCH3 is 1. The number of ether oxygens (including phenoxy) is 2. The fourth-order valence-corrected chi connectivity index (χ4v) is 2.43. The van der Waals surface area contributed by atoms with E-state index in [9.17, 15) is 4.79 Å². The first-order valence-electron chi connectivity index (χ1n) is 7.30.